The fourth-order valence-electron chi connectivity index (χ4n) is 3.34. The maximum Gasteiger partial charge on any atom is 0.443 e. The standard InChI is InChI=1S/C20H23F3N2O5S/c1-12(9-13-3-5-14(6-4-13)29-8-7-26)25-10-16(30-17(25)18(27)28-2)15-11-31-19(24-15)20(21,22)23/h3-6,11-12,16-17,26H,7-10H2,1-2H3. The topological polar surface area (TPSA) is 81.1 Å². The van der Waals surface area contributed by atoms with E-state index in [2.05, 4.69) is 4.98 Å². The summed E-state index contributed by atoms with van der Waals surface area (Å²) >= 11 is 0.500. The van der Waals surface area contributed by atoms with Gasteiger partial charge in [0.15, 0.2) is 5.01 Å². The monoisotopic (exact) mass is 460 g/mol. The van der Waals surface area contributed by atoms with Crippen LogP contribution in [0.2, 0.25) is 0 Å². The summed E-state index contributed by atoms with van der Waals surface area (Å²) in [4.78, 5) is 17.7. The average molecular weight is 460 g/mol. The van der Waals surface area contributed by atoms with Gasteiger partial charge in [-0.25, -0.2) is 9.78 Å². The van der Waals surface area contributed by atoms with Crippen molar-refractivity contribution in [3.05, 3.63) is 45.9 Å². The summed E-state index contributed by atoms with van der Waals surface area (Å²) in [7, 11) is 1.23. The van der Waals surface area contributed by atoms with E-state index in [4.69, 9.17) is 19.3 Å². The summed E-state index contributed by atoms with van der Waals surface area (Å²) in [6.07, 6.45) is -5.76. The van der Waals surface area contributed by atoms with Gasteiger partial charge >= 0.3 is 12.1 Å². The minimum Gasteiger partial charge on any atom is -0.491 e. The van der Waals surface area contributed by atoms with E-state index in [0.29, 0.717) is 23.5 Å². The van der Waals surface area contributed by atoms with Gasteiger partial charge in [-0.05, 0) is 31.0 Å². The lowest BCUT2D eigenvalue weighted by atomic mass is 10.1. The molecule has 1 N–H and O–H groups in total. The molecule has 0 spiro atoms. The first-order valence-electron chi connectivity index (χ1n) is 9.57. The van der Waals surface area contributed by atoms with Crippen LogP contribution in [0, 0.1) is 0 Å². The third-order valence-corrected chi connectivity index (χ3v) is 5.75. The number of thiazole rings is 1. The third-order valence-electron chi connectivity index (χ3n) is 4.85. The SMILES string of the molecule is COC(=O)C1OC(c2csc(C(F)(F)F)n2)CN1C(C)Cc1ccc(OCCO)cc1. The number of hydrogen-bond acceptors (Lipinski definition) is 8. The molecule has 3 unspecified atom stereocenters. The number of ether oxygens (including phenoxy) is 3. The molecule has 0 saturated carbocycles. The van der Waals surface area contributed by atoms with Crippen molar-refractivity contribution in [3.63, 3.8) is 0 Å². The molecule has 2 heterocycles. The van der Waals surface area contributed by atoms with Crippen molar-refractivity contribution in [1.82, 2.24) is 9.88 Å². The maximum absolute atomic E-state index is 12.9. The van der Waals surface area contributed by atoms with Crippen LogP contribution in [-0.4, -0.2) is 60.1 Å². The number of rotatable bonds is 8. The molecule has 31 heavy (non-hydrogen) atoms. The van der Waals surface area contributed by atoms with Gasteiger partial charge in [0.05, 0.1) is 19.4 Å². The minimum absolute atomic E-state index is 0.0761. The van der Waals surface area contributed by atoms with Crippen LogP contribution >= 0.6 is 11.3 Å². The van der Waals surface area contributed by atoms with E-state index in [1.54, 1.807) is 17.0 Å². The van der Waals surface area contributed by atoms with Crippen molar-refractivity contribution >= 4 is 17.3 Å². The van der Waals surface area contributed by atoms with Crippen LogP contribution < -0.4 is 4.74 Å². The van der Waals surface area contributed by atoms with Crippen LogP contribution in [0.3, 0.4) is 0 Å². The second kappa shape index (κ2) is 9.94. The van der Waals surface area contributed by atoms with Gasteiger partial charge in [0.1, 0.15) is 18.5 Å². The van der Waals surface area contributed by atoms with Gasteiger partial charge in [-0.2, -0.15) is 13.2 Å². The molecule has 7 nitrogen and oxygen atoms in total. The maximum atomic E-state index is 12.9. The Balaban J connectivity index is 1.71. The molecule has 2 aromatic rings. The lowest BCUT2D eigenvalue weighted by Crippen LogP contribution is -2.44. The van der Waals surface area contributed by atoms with Gasteiger partial charge in [0, 0.05) is 18.0 Å². The third kappa shape index (κ3) is 5.73. The number of methoxy groups -OCH3 is 1. The van der Waals surface area contributed by atoms with E-state index in [-0.39, 0.29) is 31.5 Å². The number of esters is 1. The average Bonchev–Trinajstić information content (AvgIpc) is 3.40. The van der Waals surface area contributed by atoms with Gasteiger partial charge in [-0.15, -0.1) is 11.3 Å². The highest BCUT2D eigenvalue weighted by Crippen LogP contribution is 2.36. The van der Waals surface area contributed by atoms with E-state index in [9.17, 15) is 18.0 Å². The predicted octanol–water partition coefficient (Wildman–Crippen LogP) is 3.04. The summed E-state index contributed by atoms with van der Waals surface area (Å²) in [5, 5.41) is 9.18. The Bertz CT molecular complexity index is 874. The molecule has 0 amide bonds. The highest BCUT2D eigenvalue weighted by molar-refractivity contribution is 7.09. The molecule has 11 heteroatoms. The van der Waals surface area contributed by atoms with Crippen LogP contribution in [0.25, 0.3) is 0 Å². The van der Waals surface area contributed by atoms with Crippen molar-refractivity contribution in [2.45, 2.75) is 37.9 Å². The van der Waals surface area contributed by atoms with Gasteiger partial charge in [0.25, 0.3) is 0 Å². The lowest BCUT2D eigenvalue weighted by molar-refractivity contribution is -0.162. The van der Waals surface area contributed by atoms with Crippen molar-refractivity contribution < 1.29 is 37.3 Å². The zero-order chi connectivity index (χ0) is 22.6. The van der Waals surface area contributed by atoms with Crippen molar-refractivity contribution in [1.29, 1.82) is 0 Å². The molecule has 1 aromatic heterocycles. The Kier molecular flexibility index (Phi) is 7.52. The van der Waals surface area contributed by atoms with Crippen molar-refractivity contribution in [2.24, 2.45) is 0 Å². The molecule has 1 fully saturated rings. The predicted molar refractivity (Wildman–Crippen MR) is 106 cm³/mol. The number of alkyl halides is 3. The molecule has 1 saturated heterocycles. The summed E-state index contributed by atoms with van der Waals surface area (Å²) in [6.45, 7) is 2.24. The number of carbonyl (C=O) groups is 1. The molecule has 3 rings (SSSR count). The number of hydrogen-bond donors (Lipinski definition) is 1. The Labute approximate surface area is 181 Å². The lowest BCUT2D eigenvalue weighted by Gasteiger charge is -2.27. The van der Waals surface area contributed by atoms with Crippen molar-refractivity contribution in [3.8, 4) is 5.75 Å². The van der Waals surface area contributed by atoms with Gasteiger partial charge in [0.2, 0.25) is 6.23 Å². The van der Waals surface area contributed by atoms with Crippen LogP contribution in [0.5, 0.6) is 5.75 Å². The van der Waals surface area contributed by atoms with E-state index in [1.807, 2.05) is 19.1 Å². The second-order valence-electron chi connectivity index (χ2n) is 7.04. The van der Waals surface area contributed by atoms with Crippen LogP contribution in [-0.2, 0) is 26.9 Å². The highest BCUT2D eigenvalue weighted by Gasteiger charge is 2.43. The fraction of sp³-hybridized carbons (Fsp3) is 0.500. The van der Waals surface area contributed by atoms with E-state index < -0.39 is 29.5 Å². The van der Waals surface area contributed by atoms with Gasteiger partial charge in [-0.3, -0.25) is 4.90 Å². The molecule has 0 radical (unpaired) electrons. The Hall–Kier alpha value is -2.21. The fourth-order valence-corrected chi connectivity index (χ4v) is 4.07. The highest BCUT2D eigenvalue weighted by atomic mass is 32.1. The summed E-state index contributed by atoms with van der Waals surface area (Å²) in [5.41, 5.74) is 1.12. The number of aromatic nitrogens is 1. The Morgan fingerprint density at radius 1 is 1.39 bits per heavy atom. The second-order valence-corrected chi connectivity index (χ2v) is 7.90. The quantitative estimate of drug-likeness (QED) is 0.607. The van der Waals surface area contributed by atoms with Gasteiger partial charge in [-0.1, -0.05) is 12.1 Å². The van der Waals surface area contributed by atoms with Crippen LogP contribution in [0.4, 0.5) is 13.2 Å². The zero-order valence-corrected chi connectivity index (χ0v) is 17.8. The van der Waals surface area contributed by atoms with Crippen LogP contribution in [0.1, 0.15) is 29.3 Å². The van der Waals surface area contributed by atoms with E-state index in [1.165, 1.54) is 12.5 Å². The van der Waals surface area contributed by atoms with Gasteiger partial charge < -0.3 is 19.3 Å². The number of aliphatic hydroxyl groups excluding tert-OH is 1. The number of halogens is 3. The molecule has 0 bridgehead atoms. The normalized spacial score (nSPS) is 20.6. The largest absolute Gasteiger partial charge is 0.491 e. The Morgan fingerprint density at radius 2 is 2.10 bits per heavy atom. The minimum atomic E-state index is -4.52. The molecular weight excluding hydrogens is 437 g/mol. The van der Waals surface area contributed by atoms with Crippen LogP contribution in [0.15, 0.2) is 29.6 Å². The number of benzene rings is 1. The van der Waals surface area contributed by atoms with Crippen molar-refractivity contribution in [2.75, 3.05) is 26.9 Å². The van der Waals surface area contributed by atoms with E-state index >= 15 is 0 Å². The number of aliphatic hydroxyl groups is 1. The summed E-state index contributed by atoms with van der Waals surface area (Å²) < 4.78 is 54.6. The first-order chi connectivity index (χ1) is 14.7. The first-order valence-corrected chi connectivity index (χ1v) is 10.4. The molecule has 1 aromatic carbocycles. The van der Waals surface area contributed by atoms with E-state index in [0.717, 1.165) is 5.56 Å². The molecular formula is C20H23F3N2O5S. The zero-order valence-electron chi connectivity index (χ0n) is 17.0. The first kappa shape index (κ1) is 23.5. The number of carbonyl (C=O) groups excluding carboxylic acids is 1. The summed E-state index contributed by atoms with van der Waals surface area (Å²) in [6, 6.07) is 7.15. The molecule has 1 aliphatic rings. The Morgan fingerprint density at radius 3 is 2.68 bits per heavy atom. The number of nitrogens with zero attached hydrogens (tertiary/aromatic N) is 2. The smallest absolute Gasteiger partial charge is 0.443 e. The molecule has 170 valence electrons. The molecule has 0 aliphatic carbocycles. The molecule has 1 aliphatic heterocycles. The molecule has 3 atom stereocenters. The summed E-state index contributed by atoms with van der Waals surface area (Å²) in [5.74, 6) is 0.0137.